The summed E-state index contributed by atoms with van der Waals surface area (Å²) in [4.78, 5) is 10.3. The molecule has 0 heterocycles. The van der Waals surface area contributed by atoms with Crippen molar-refractivity contribution in [1.29, 1.82) is 0 Å². The SMILES string of the molecule is C/C(=N\O[P+](N(C)C)(N(C)C)N(C)C)c1ccc([N+](=O)[O-])cc1. The van der Waals surface area contributed by atoms with Gasteiger partial charge < -0.3 is 0 Å². The molecule has 1 rings (SSSR count). The fraction of sp³-hybridized carbons (Fsp3) is 0.500. The monoisotopic (exact) mass is 342 g/mol. The van der Waals surface area contributed by atoms with Crippen LogP contribution in [0.5, 0.6) is 0 Å². The van der Waals surface area contributed by atoms with Crippen molar-refractivity contribution < 1.29 is 9.55 Å². The van der Waals surface area contributed by atoms with Crippen molar-refractivity contribution >= 4 is 19.3 Å². The number of non-ortho nitro benzene ring substituents is 1. The Kier molecular flexibility index (Phi) is 6.58. The second-order valence-electron chi connectivity index (χ2n) is 5.62. The zero-order valence-electron chi connectivity index (χ0n) is 14.7. The van der Waals surface area contributed by atoms with Crippen LogP contribution in [0.3, 0.4) is 0 Å². The molecular formula is C14H25N5O3P+. The van der Waals surface area contributed by atoms with Crippen LogP contribution in [0.2, 0.25) is 0 Å². The molecule has 0 N–H and O–H groups in total. The summed E-state index contributed by atoms with van der Waals surface area (Å²) in [6.07, 6.45) is 0. The van der Waals surface area contributed by atoms with Crippen molar-refractivity contribution in [1.82, 2.24) is 14.0 Å². The molecule has 0 aromatic heterocycles. The molecular weight excluding hydrogens is 317 g/mol. The van der Waals surface area contributed by atoms with Gasteiger partial charge in [0.25, 0.3) is 5.69 Å². The summed E-state index contributed by atoms with van der Waals surface area (Å²) < 4.78 is 12.0. The van der Waals surface area contributed by atoms with Gasteiger partial charge in [0.2, 0.25) is 0 Å². The van der Waals surface area contributed by atoms with E-state index in [1.54, 1.807) is 12.1 Å². The Labute approximate surface area is 138 Å². The van der Waals surface area contributed by atoms with Crippen molar-refractivity contribution in [3.63, 3.8) is 0 Å². The predicted octanol–water partition coefficient (Wildman–Crippen LogP) is 2.70. The molecule has 23 heavy (non-hydrogen) atoms. The summed E-state index contributed by atoms with van der Waals surface area (Å²) in [6.45, 7) is 1.82. The summed E-state index contributed by atoms with van der Waals surface area (Å²) >= 11 is 0. The van der Waals surface area contributed by atoms with Gasteiger partial charge in [-0.15, -0.1) is 14.0 Å². The number of hydrogen-bond acceptors (Lipinski definition) is 7. The molecule has 0 unspecified atom stereocenters. The smallest absolute Gasteiger partial charge is 0.258 e. The Morgan fingerprint density at radius 1 is 1.04 bits per heavy atom. The Bertz CT molecular complexity index is 551. The van der Waals surface area contributed by atoms with E-state index in [4.69, 9.17) is 4.62 Å². The standard InChI is InChI=1S/C14H25N5O3P/c1-12(13-8-10-14(11-9-13)19(20)21)15-22-23(16(2)3,17(4)5)18(6)7/h8-11H,1-7H3/q+1/b15-12+. The highest BCUT2D eigenvalue weighted by molar-refractivity contribution is 7.64. The molecule has 0 spiro atoms. The van der Waals surface area contributed by atoms with E-state index in [-0.39, 0.29) is 5.69 Å². The van der Waals surface area contributed by atoms with Gasteiger partial charge >= 0.3 is 7.94 Å². The zero-order valence-corrected chi connectivity index (χ0v) is 15.6. The number of rotatable bonds is 7. The molecule has 0 saturated carbocycles. The summed E-state index contributed by atoms with van der Waals surface area (Å²) in [5, 5.41) is 15.0. The highest BCUT2D eigenvalue weighted by Crippen LogP contribution is 2.64. The highest BCUT2D eigenvalue weighted by Gasteiger charge is 2.53. The molecule has 0 aliphatic rings. The first-order chi connectivity index (χ1) is 10.6. The third-order valence-corrected chi connectivity index (χ3v) is 6.77. The van der Waals surface area contributed by atoms with Gasteiger partial charge in [-0.25, -0.2) is 0 Å². The van der Waals surface area contributed by atoms with Gasteiger partial charge in [-0.2, -0.15) is 4.62 Å². The van der Waals surface area contributed by atoms with Gasteiger partial charge in [0, 0.05) is 54.4 Å². The van der Waals surface area contributed by atoms with Gasteiger partial charge in [-0.3, -0.25) is 10.1 Å². The van der Waals surface area contributed by atoms with E-state index in [2.05, 4.69) is 5.16 Å². The van der Waals surface area contributed by atoms with E-state index in [1.165, 1.54) is 12.1 Å². The molecule has 0 amide bonds. The molecule has 128 valence electrons. The maximum Gasteiger partial charge on any atom is 0.449 e. The van der Waals surface area contributed by atoms with Crippen LogP contribution >= 0.6 is 7.94 Å². The van der Waals surface area contributed by atoms with Gasteiger partial charge in [0.05, 0.1) is 10.6 Å². The molecule has 0 radical (unpaired) electrons. The van der Waals surface area contributed by atoms with Crippen LogP contribution < -0.4 is 0 Å². The first kappa shape index (κ1) is 19.4. The molecule has 0 saturated heterocycles. The molecule has 0 fully saturated rings. The van der Waals surface area contributed by atoms with E-state index in [9.17, 15) is 10.1 Å². The fourth-order valence-corrected chi connectivity index (χ4v) is 5.10. The quantitative estimate of drug-likeness (QED) is 0.328. The minimum atomic E-state index is -2.21. The minimum absolute atomic E-state index is 0.0548. The van der Waals surface area contributed by atoms with Crippen molar-refractivity contribution in [2.75, 3.05) is 42.3 Å². The third-order valence-electron chi connectivity index (χ3n) is 3.35. The lowest BCUT2D eigenvalue weighted by atomic mass is 10.1. The molecule has 0 aliphatic heterocycles. The molecule has 8 nitrogen and oxygen atoms in total. The van der Waals surface area contributed by atoms with Crippen molar-refractivity contribution in [3.8, 4) is 0 Å². The van der Waals surface area contributed by atoms with E-state index in [0.717, 1.165) is 5.56 Å². The fourth-order valence-electron chi connectivity index (χ4n) is 2.29. The van der Waals surface area contributed by atoms with Gasteiger partial charge in [0.1, 0.15) is 0 Å². The predicted molar refractivity (Wildman–Crippen MR) is 94.4 cm³/mol. The Morgan fingerprint density at radius 3 is 1.83 bits per heavy atom. The highest BCUT2D eigenvalue weighted by atomic mass is 31.2. The van der Waals surface area contributed by atoms with E-state index in [0.29, 0.717) is 5.71 Å². The second kappa shape index (κ2) is 7.79. The van der Waals surface area contributed by atoms with Crippen molar-refractivity contribution in [2.24, 2.45) is 5.16 Å². The number of hydrogen-bond donors (Lipinski definition) is 0. The van der Waals surface area contributed by atoms with Crippen LogP contribution in [0.25, 0.3) is 0 Å². The van der Waals surface area contributed by atoms with Gasteiger partial charge in [0.15, 0.2) is 0 Å². The molecule has 1 aromatic carbocycles. The van der Waals surface area contributed by atoms with Crippen molar-refractivity contribution in [3.05, 3.63) is 39.9 Å². The topological polar surface area (TPSA) is 74.5 Å². The van der Waals surface area contributed by atoms with Crippen LogP contribution in [0.1, 0.15) is 12.5 Å². The number of oxime groups is 1. The van der Waals surface area contributed by atoms with Gasteiger partial charge in [-0.05, 0) is 29.8 Å². The number of nitro groups is 1. The molecule has 0 atom stereocenters. The number of benzene rings is 1. The largest absolute Gasteiger partial charge is 0.449 e. The van der Waals surface area contributed by atoms with Gasteiger partial charge in [-0.1, -0.05) is 0 Å². The Hall–Kier alpha value is -1.60. The molecule has 9 heteroatoms. The number of nitrogens with zero attached hydrogens (tertiary/aromatic N) is 5. The minimum Gasteiger partial charge on any atom is -0.258 e. The summed E-state index contributed by atoms with van der Waals surface area (Å²) in [6, 6.07) is 6.25. The third kappa shape index (κ3) is 4.23. The molecule has 0 aliphatic carbocycles. The summed E-state index contributed by atoms with van der Waals surface area (Å²) in [7, 11) is 9.49. The Morgan fingerprint density at radius 2 is 1.48 bits per heavy atom. The maximum atomic E-state index is 10.7. The van der Waals surface area contributed by atoms with E-state index < -0.39 is 12.9 Å². The lowest BCUT2D eigenvalue weighted by molar-refractivity contribution is -0.384. The number of nitro benzene ring substituents is 1. The average molecular weight is 342 g/mol. The van der Waals surface area contributed by atoms with Crippen molar-refractivity contribution in [2.45, 2.75) is 6.92 Å². The first-order valence-electron chi connectivity index (χ1n) is 7.03. The zero-order chi connectivity index (χ0) is 17.8. The van der Waals surface area contributed by atoms with Crippen LogP contribution in [-0.2, 0) is 4.62 Å². The summed E-state index contributed by atoms with van der Waals surface area (Å²) in [5.41, 5.74) is 1.50. The molecule has 1 aromatic rings. The average Bonchev–Trinajstić information content (AvgIpc) is 2.46. The Balaban J connectivity index is 3.06. The van der Waals surface area contributed by atoms with Crippen LogP contribution in [0.15, 0.2) is 29.4 Å². The first-order valence-corrected chi connectivity index (χ1v) is 8.60. The maximum absolute atomic E-state index is 10.7. The van der Waals surface area contributed by atoms with E-state index in [1.807, 2.05) is 63.2 Å². The lowest BCUT2D eigenvalue weighted by Crippen LogP contribution is -2.36. The summed E-state index contributed by atoms with van der Waals surface area (Å²) in [5.74, 6) is 0. The van der Waals surface area contributed by atoms with Crippen LogP contribution in [0, 0.1) is 10.1 Å². The lowest BCUT2D eigenvalue weighted by Gasteiger charge is -2.34. The van der Waals surface area contributed by atoms with Crippen LogP contribution in [0.4, 0.5) is 5.69 Å². The second-order valence-corrected chi connectivity index (χ2v) is 9.21. The molecule has 0 bridgehead atoms. The van der Waals surface area contributed by atoms with E-state index >= 15 is 0 Å². The normalized spacial score (nSPS) is 13.0. The van der Waals surface area contributed by atoms with Crippen LogP contribution in [-0.4, -0.2) is 66.9 Å².